The van der Waals surface area contributed by atoms with Crippen LogP contribution in [0.3, 0.4) is 0 Å². The highest BCUT2D eigenvalue weighted by atomic mass is 32.2. The molecule has 0 saturated carbocycles. The standard InChI is InChI=1S/C27H24N2O5S/c1-17-4-9-24(10-5-17)35-25-14-20(13-21(15-25)29(31)32)28-27(30)26-11-8-23(34-26)16-33-22-7-6-18(2)19(3)12-22/h4-15H,16H2,1-3H3,(H,28,30). The van der Waals surface area contributed by atoms with Crippen LogP contribution in [0.1, 0.15) is 33.0 Å². The van der Waals surface area contributed by atoms with Gasteiger partial charge in [-0.05, 0) is 74.4 Å². The zero-order valence-corrected chi connectivity index (χ0v) is 20.3. The summed E-state index contributed by atoms with van der Waals surface area (Å²) in [7, 11) is 0. The van der Waals surface area contributed by atoms with Gasteiger partial charge in [0.25, 0.3) is 11.6 Å². The number of hydrogen-bond donors (Lipinski definition) is 1. The molecule has 4 rings (SSSR count). The largest absolute Gasteiger partial charge is 0.486 e. The molecule has 7 nitrogen and oxygen atoms in total. The van der Waals surface area contributed by atoms with Gasteiger partial charge < -0.3 is 14.5 Å². The lowest BCUT2D eigenvalue weighted by Gasteiger charge is -2.08. The van der Waals surface area contributed by atoms with Crippen molar-refractivity contribution in [3.63, 3.8) is 0 Å². The fraction of sp³-hybridized carbons (Fsp3) is 0.148. The number of non-ortho nitro benzene ring substituents is 1. The van der Waals surface area contributed by atoms with Crippen LogP contribution >= 0.6 is 11.8 Å². The Labute approximate surface area is 207 Å². The average molecular weight is 489 g/mol. The van der Waals surface area contributed by atoms with Crippen molar-refractivity contribution >= 4 is 29.0 Å². The highest BCUT2D eigenvalue weighted by Gasteiger charge is 2.16. The summed E-state index contributed by atoms with van der Waals surface area (Å²) in [6, 6.07) is 21.4. The van der Waals surface area contributed by atoms with Crippen molar-refractivity contribution in [3.05, 3.63) is 111 Å². The molecule has 0 aliphatic rings. The molecular formula is C27H24N2O5S. The summed E-state index contributed by atoms with van der Waals surface area (Å²) in [5, 5.41) is 14.1. The number of nitro benzene ring substituents is 1. The third-order valence-corrected chi connectivity index (χ3v) is 6.34. The molecule has 0 fully saturated rings. The van der Waals surface area contributed by atoms with Gasteiger partial charge in [-0.2, -0.15) is 0 Å². The maximum Gasteiger partial charge on any atom is 0.291 e. The Morgan fingerprint density at radius 3 is 2.43 bits per heavy atom. The number of aryl methyl sites for hydroxylation is 3. The van der Waals surface area contributed by atoms with E-state index in [-0.39, 0.29) is 18.1 Å². The van der Waals surface area contributed by atoms with Gasteiger partial charge in [0.15, 0.2) is 5.76 Å². The first-order valence-electron chi connectivity index (χ1n) is 10.9. The Bertz CT molecular complexity index is 1380. The van der Waals surface area contributed by atoms with Gasteiger partial charge in [0.05, 0.1) is 4.92 Å². The highest BCUT2D eigenvalue weighted by molar-refractivity contribution is 7.99. The lowest BCUT2D eigenvalue weighted by Crippen LogP contribution is -2.11. The third kappa shape index (κ3) is 6.30. The summed E-state index contributed by atoms with van der Waals surface area (Å²) < 4.78 is 11.4. The number of nitrogens with zero attached hydrogens (tertiary/aromatic N) is 1. The summed E-state index contributed by atoms with van der Waals surface area (Å²) in [5.74, 6) is 0.783. The summed E-state index contributed by atoms with van der Waals surface area (Å²) >= 11 is 1.38. The van der Waals surface area contributed by atoms with Crippen molar-refractivity contribution in [1.82, 2.24) is 0 Å². The number of amides is 1. The van der Waals surface area contributed by atoms with E-state index in [2.05, 4.69) is 5.32 Å². The van der Waals surface area contributed by atoms with Crippen LogP contribution in [-0.4, -0.2) is 10.8 Å². The number of carbonyl (C=O) groups excluding carboxylic acids is 1. The first-order valence-corrected chi connectivity index (χ1v) is 11.7. The molecule has 0 unspecified atom stereocenters. The molecule has 0 saturated heterocycles. The number of ether oxygens (including phenoxy) is 1. The van der Waals surface area contributed by atoms with Gasteiger partial charge in [-0.25, -0.2) is 0 Å². The molecule has 4 aromatic rings. The monoisotopic (exact) mass is 488 g/mol. The molecule has 0 aliphatic heterocycles. The Morgan fingerprint density at radius 1 is 0.943 bits per heavy atom. The van der Waals surface area contributed by atoms with Crippen LogP contribution in [0.25, 0.3) is 0 Å². The molecule has 0 bridgehead atoms. The Hall–Kier alpha value is -4.04. The van der Waals surface area contributed by atoms with E-state index in [9.17, 15) is 14.9 Å². The summed E-state index contributed by atoms with van der Waals surface area (Å²) in [6.45, 7) is 6.20. The van der Waals surface area contributed by atoms with Crippen LogP contribution in [0, 0.1) is 30.9 Å². The Kier molecular flexibility index (Phi) is 7.22. The molecule has 1 aromatic heterocycles. The second kappa shape index (κ2) is 10.5. The predicted molar refractivity (Wildman–Crippen MR) is 135 cm³/mol. The molecule has 0 atom stereocenters. The molecule has 1 heterocycles. The molecule has 0 radical (unpaired) electrons. The molecule has 8 heteroatoms. The van der Waals surface area contributed by atoms with Crippen molar-refractivity contribution in [2.45, 2.75) is 37.2 Å². The topological polar surface area (TPSA) is 94.6 Å². The zero-order chi connectivity index (χ0) is 24.9. The number of carbonyl (C=O) groups is 1. The lowest BCUT2D eigenvalue weighted by atomic mass is 10.1. The SMILES string of the molecule is Cc1ccc(Sc2cc(NC(=O)c3ccc(COc4ccc(C)c(C)c4)o3)cc([N+](=O)[O-])c2)cc1. The van der Waals surface area contributed by atoms with Gasteiger partial charge in [-0.1, -0.05) is 35.5 Å². The molecule has 1 N–H and O–H groups in total. The number of furan rings is 1. The lowest BCUT2D eigenvalue weighted by molar-refractivity contribution is -0.385. The van der Waals surface area contributed by atoms with Crippen LogP contribution in [-0.2, 0) is 6.61 Å². The average Bonchev–Trinajstić information content (AvgIpc) is 3.30. The number of rotatable bonds is 8. The minimum absolute atomic E-state index is 0.0860. The van der Waals surface area contributed by atoms with Crippen LogP contribution in [0.2, 0.25) is 0 Å². The van der Waals surface area contributed by atoms with Gasteiger partial charge >= 0.3 is 0 Å². The normalized spacial score (nSPS) is 10.7. The molecule has 0 aliphatic carbocycles. The van der Waals surface area contributed by atoms with E-state index in [0.717, 1.165) is 16.0 Å². The van der Waals surface area contributed by atoms with Gasteiger partial charge in [0, 0.05) is 27.6 Å². The third-order valence-electron chi connectivity index (χ3n) is 5.36. The van der Waals surface area contributed by atoms with Crippen LogP contribution < -0.4 is 10.1 Å². The maximum atomic E-state index is 12.7. The minimum atomic E-state index is -0.505. The second-order valence-corrected chi connectivity index (χ2v) is 9.29. The van der Waals surface area contributed by atoms with Crippen molar-refractivity contribution in [2.24, 2.45) is 0 Å². The highest BCUT2D eigenvalue weighted by Crippen LogP contribution is 2.33. The molecule has 0 spiro atoms. The maximum absolute atomic E-state index is 12.7. The number of nitrogens with one attached hydrogen (secondary N) is 1. The second-order valence-electron chi connectivity index (χ2n) is 8.14. The van der Waals surface area contributed by atoms with E-state index >= 15 is 0 Å². The van der Waals surface area contributed by atoms with E-state index < -0.39 is 10.8 Å². The Morgan fingerprint density at radius 2 is 1.71 bits per heavy atom. The van der Waals surface area contributed by atoms with Crippen LogP contribution in [0.15, 0.2) is 87.0 Å². The van der Waals surface area contributed by atoms with E-state index in [1.54, 1.807) is 18.2 Å². The Balaban J connectivity index is 1.45. The van der Waals surface area contributed by atoms with Gasteiger partial charge in [0.2, 0.25) is 0 Å². The van der Waals surface area contributed by atoms with Crippen molar-refractivity contribution < 1.29 is 18.9 Å². The minimum Gasteiger partial charge on any atom is -0.486 e. The van der Waals surface area contributed by atoms with Crippen molar-refractivity contribution in [1.29, 1.82) is 0 Å². The van der Waals surface area contributed by atoms with Gasteiger partial charge in [0.1, 0.15) is 18.1 Å². The van der Waals surface area contributed by atoms with E-state index in [4.69, 9.17) is 9.15 Å². The van der Waals surface area contributed by atoms with Crippen molar-refractivity contribution in [3.8, 4) is 5.75 Å². The summed E-state index contributed by atoms with van der Waals surface area (Å²) in [5.41, 5.74) is 3.62. The molecular weight excluding hydrogens is 464 g/mol. The van der Waals surface area contributed by atoms with Crippen LogP contribution in [0.4, 0.5) is 11.4 Å². The van der Waals surface area contributed by atoms with Crippen LogP contribution in [0.5, 0.6) is 5.75 Å². The van der Waals surface area contributed by atoms with Gasteiger partial charge in [-0.15, -0.1) is 0 Å². The molecule has 3 aromatic carbocycles. The first kappa shape index (κ1) is 24.1. The van der Waals surface area contributed by atoms with Crippen molar-refractivity contribution in [2.75, 3.05) is 5.32 Å². The van der Waals surface area contributed by atoms with E-state index in [1.807, 2.05) is 63.2 Å². The number of nitro groups is 1. The number of benzene rings is 3. The van der Waals surface area contributed by atoms with E-state index in [1.165, 1.54) is 29.5 Å². The predicted octanol–water partition coefficient (Wildman–Crippen LogP) is 7.10. The van der Waals surface area contributed by atoms with Gasteiger partial charge in [-0.3, -0.25) is 14.9 Å². The summed E-state index contributed by atoms with van der Waals surface area (Å²) in [6.07, 6.45) is 0. The molecule has 35 heavy (non-hydrogen) atoms. The summed E-state index contributed by atoms with van der Waals surface area (Å²) in [4.78, 5) is 25.3. The zero-order valence-electron chi connectivity index (χ0n) is 19.5. The fourth-order valence-electron chi connectivity index (χ4n) is 3.29. The first-order chi connectivity index (χ1) is 16.8. The molecule has 178 valence electrons. The smallest absolute Gasteiger partial charge is 0.291 e. The number of hydrogen-bond acceptors (Lipinski definition) is 6. The number of anilines is 1. The van der Waals surface area contributed by atoms with E-state index in [0.29, 0.717) is 22.1 Å². The molecule has 1 amide bonds. The fourth-order valence-corrected chi connectivity index (χ4v) is 4.20. The quantitative estimate of drug-likeness (QED) is 0.210.